The molecule has 0 heteroatoms. The zero-order chi connectivity index (χ0) is 12.4. The molecule has 0 amide bonds. The lowest BCUT2D eigenvalue weighted by Crippen LogP contribution is -2.28. The van der Waals surface area contributed by atoms with Gasteiger partial charge in [-0.15, -0.1) is 0 Å². The second-order valence-corrected chi connectivity index (χ2v) is 7.95. The van der Waals surface area contributed by atoms with E-state index in [0.29, 0.717) is 0 Å². The minimum atomic E-state index is 1.03. The summed E-state index contributed by atoms with van der Waals surface area (Å²) in [7, 11) is 0. The van der Waals surface area contributed by atoms with Gasteiger partial charge in [-0.05, 0) is 55.3 Å². The molecule has 0 unspecified atom stereocenters. The third-order valence-corrected chi connectivity index (χ3v) is 6.28. The molecule has 3 aliphatic rings. The molecule has 0 heterocycles. The molecule has 0 aliphatic heterocycles. The van der Waals surface area contributed by atoms with Crippen molar-refractivity contribution in [1.29, 1.82) is 0 Å². The fourth-order valence-electron chi connectivity index (χ4n) is 5.01. The van der Waals surface area contributed by atoms with Crippen LogP contribution in [-0.4, -0.2) is 0 Å². The summed E-state index contributed by atoms with van der Waals surface area (Å²) < 4.78 is 0. The lowest BCUT2D eigenvalue weighted by Gasteiger charge is -2.40. The Labute approximate surface area is 114 Å². The Morgan fingerprint density at radius 1 is 0.611 bits per heavy atom. The van der Waals surface area contributed by atoms with Crippen LogP contribution < -0.4 is 0 Å². The molecule has 18 heavy (non-hydrogen) atoms. The molecule has 0 nitrogen and oxygen atoms in total. The van der Waals surface area contributed by atoms with Crippen molar-refractivity contribution in [2.24, 2.45) is 29.6 Å². The second-order valence-electron chi connectivity index (χ2n) is 7.95. The Morgan fingerprint density at radius 2 is 1.11 bits per heavy atom. The van der Waals surface area contributed by atoms with E-state index in [4.69, 9.17) is 0 Å². The van der Waals surface area contributed by atoms with Gasteiger partial charge in [-0.1, -0.05) is 58.3 Å². The van der Waals surface area contributed by atoms with E-state index in [2.05, 4.69) is 6.92 Å². The SMILES string of the molecule is CC1CCC(CC2CC(CC3CCCC3)C2)CC1. The van der Waals surface area contributed by atoms with E-state index in [-0.39, 0.29) is 0 Å². The summed E-state index contributed by atoms with van der Waals surface area (Å²) in [6, 6.07) is 0. The van der Waals surface area contributed by atoms with Gasteiger partial charge < -0.3 is 0 Å². The van der Waals surface area contributed by atoms with Gasteiger partial charge >= 0.3 is 0 Å². The first kappa shape index (κ1) is 13.0. The van der Waals surface area contributed by atoms with E-state index in [1.54, 1.807) is 51.4 Å². The highest BCUT2D eigenvalue weighted by molar-refractivity contribution is 4.85. The lowest BCUT2D eigenvalue weighted by molar-refractivity contribution is 0.117. The van der Waals surface area contributed by atoms with Gasteiger partial charge in [0, 0.05) is 0 Å². The topological polar surface area (TPSA) is 0 Å². The summed E-state index contributed by atoms with van der Waals surface area (Å²) in [6.45, 7) is 2.44. The molecule has 3 aliphatic carbocycles. The smallest absolute Gasteiger partial charge is 0.0406 e. The molecule has 0 aromatic heterocycles. The summed E-state index contributed by atoms with van der Waals surface area (Å²) in [5, 5.41) is 0. The predicted octanol–water partition coefficient (Wildman–Crippen LogP) is 5.81. The van der Waals surface area contributed by atoms with Crippen LogP contribution in [-0.2, 0) is 0 Å². The summed E-state index contributed by atoms with van der Waals surface area (Å²) in [6.07, 6.45) is 18.7. The molecule has 3 fully saturated rings. The van der Waals surface area contributed by atoms with Gasteiger partial charge in [0.2, 0.25) is 0 Å². The maximum Gasteiger partial charge on any atom is -0.0406 e. The van der Waals surface area contributed by atoms with Crippen LogP contribution in [0, 0.1) is 29.6 Å². The fourth-order valence-corrected chi connectivity index (χ4v) is 5.01. The van der Waals surface area contributed by atoms with Crippen molar-refractivity contribution in [2.75, 3.05) is 0 Å². The highest BCUT2D eigenvalue weighted by Crippen LogP contribution is 2.45. The quantitative estimate of drug-likeness (QED) is 0.589. The number of rotatable bonds is 4. The average molecular weight is 248 g/mol. The van der Waals surface area contributed by atoms with E-state index >= 15 is 0 Å². The Kier molecular flexibility index (Phi) is 4.31. The number of hydrogen-bond acceptors (Lipinski definition) is 0. The van der Waals surface area contributed by atoms with E-state index in [0.717, 1.165) is 29.6 Å². The van der Waals surface area contributed by atoms with Crippen LogP contribution in [0.25, 0.3) is 0 Å². The van der Waals surface area contributed by atoms with Crippen molar-refractivity contribution in [3.63, 3.8) is 0 Å². The predicted molar refractivity (Wildman–Crippen MR) is 78.5 cm³/mol. The first-order chi connectivity index (χ1) is 8.79. The first-order valence-corrected chi connectivity index (χ1v) is 8.79. The summed E-state index contributed by atoms with van der Waals surface area (Å²) in [4.78, 5) is 0. The van der Waals surface area contributed by atoms with Gasteiger partial charge in [-0.3, -0.25) is 0 Å². The Morgan fingerprint density at radius 3 is 1.67 bits per heavy atom. The van der Waals surface area contributed by atoms with Crippen molar-refractivity contribution >= 4 is 0 Å². The summed E-state index contributed by atoms with van der Waals surface area (Å²) in [5.41, 5.74) is 0. The molecule has 3 saturated carbocycles. The molecular weight excluding hydrogens is 216 g/mol. The van der Waals surface area contributed by atoms with Gasteiger partial charge in [0.05, 0.1) is 0 Å². The van der Waals surface area contributed by atoms with Crippen molar-refractivity contribution in [3.8, 4) is 0 Å². The lowest BCUT2D eigenvalue weighted by atomic mass is 9.66. The van der Waals surface area contributed by atoms with Crippen LogP contribution in [0.2, 0.25) is 0 Å². The molecule has 0 radical (unpaired) electrons. The summed E-state index contributed by atoms with van der Waals surface area (Å²) >= 11 is 0. The third-order valence-electron chi connectivity index (χ3n) is 6.28. The normalized spacial score (nSPS) is 41.8. The second kappa shape index (κ2) is 5.97. The molecule has 0 atom stereocenters. The fraction of sp³-hybridized carbons (Fsp3) is 1.00. The van der Waals surface area contributed by atoms with Crippen LogP contribution >= 0.6 is 0 Å². The number of hydrogen-bond donors (Lipinski definition) is 0. The van der Waals surface area contributed by atoms with Gasteiger partial charge in [-0.25, -0.2) is 0 Å². The van der Waals surface area contributed by atoms with Crippen LogP contribution in [0.5, 0.6) is 0 Å². The van der Waals surface area contributed by atoms with E-state index < -0.39 is 0 Å². The molecule has 104 valence electrons. The highest BCUT2D eigenvalue weighted by Gasteiger charge is 2.33. The highest BCUT2D eigenvalue weighted by atomic mass is 14.4. The van der Waals surface area contributed by atoms with Gasteiger partial charge in [-0.2, -0.15) is 0 Å². The minimum Gasteiger partial charge on any atom is -0.0625 e. The zero-order valence-corrected chi connectivity index (χ0v) is 12.4. The molecule has 0 saturated heterocycles. The van der Waals surface area contributed by atoms with Crippen LogP contribution in [0.1, 0.15) is 84.0 Å². The van der Waals surface area contributed by atoms with Gasteiger partial charge in [0.15, 0.2) is 0 Å². The van der Waals surface area contributed by atoms with Crippen molar-refractivity contribution in [1.82, 2.24) is 0 Å². The largest absolute Gasteiger partial charge is 0.0625 e. The molecule has 0 bridgehead atoms. The van der Waals surface area contributed by atoms with E-state index in [1.165, 1.54) is 25.7 Å². The molecular formula is C18H32. The van der Waals surface area contributed by atoms with E-state index in [1.807, 2.05) is 0 Å². The molecule has 3 rings (SSSR count). The molecule has 0 N–H and O–H groups in total. The van der Waals surface area contributed by atoms with Crippen molar-refractivity contribution in [2.45, 2.75) is 84.0 Å². The Balaban J connectivity index is 1.30. The zero-order valence-electron chi connectivity index (χ0n) is 12.4. The van der Waals surface area contributed by atoms with Gasteiger partial charge in [0.1, 0.15) is 0 Å². The monoisotopic (exact) mass is 248 g/mol. The summed E-state index contributed by atoms with van der Waals surface area (Å²) in [5.74, 6) is 5.54. The third kappa shape index (κ3) is 3.31. The van der Waals surface area contributed by atoms with Crippen LogP contribution in [0.4, 0.5) is 0 Å². The molecule has 0 aromatic rings. The minimum absolute atomic E-state index is 1.03. The van der Waals surface area contributed by atoms with Gasteiger partial charge in [0.25, 0.3) is 0 Å². The van der Waals surface area contributed by atoms with Crippen molar-refractivity contribution < 1.29 is 0 Å². The van der Waals surface area contributed by atoms with Crippen LogP contribution in [0.15, 0.2) is 0 Å². The first-order valence-electron chi connectivity index (χ1n) is 8.79. The Hall–Kier alpha value is 0. The van der Waals surface area contributed by atoms with E-state index in [9.17, 15) is 0 Å². The molecule has 0 spiro atoms. The molecule has 0 aromatic carbocycles. The maximum absolute atomic E-state index is 2.44. The maximum atomic E-state index is 2.44. The van der Waals surface area contributed by atoms with Crippen molar-refractivity contribution in [3.05, 3.63) is 0 Å². The van der Waals surface area contributed by atoms with Crippen LogP contribution in [0.3, 0.4) is 0 Å². The standard InChI is InChI=1S/C18H32/c1-14-6-8-16(9-7-14)11-18-12-17(13-18)10-15-4-2-3-5-15/h14-18H,2-13H2,1H3. The Bertz CT molecular complexity index is 237. The average Bonchev–Trinajstić information content (AvgIpc) is 2.82.